The van der Waals surface area contributed by atoms with Gasteiger partial charge in [0.2, 0.25) is 0 Å². The number of likely N-dealkylation sites (N-methyl/N-ethyl adjacent to an activating group) is 1. The van der Waals surface area contributed by atoms with Crippen molar-refractivity contribution in [2.24, 2.45) is 5.73 Å². The molecule has 1 amide bonds. The number of nitrogens with two attached hydrogens (primary N) is 1. The molecule has 0 saturated heterocycles. The van der Waals surface area contributed by atoms with Crippen LogP contribution in [-0.2, 0) is 11.3 Å². The molecule has 0 spiro atoms. The van der Waals surface area contributed by atoms with Gasteiger partial charge in [-0.15, -0.1) is 12.4 Å². The third kappa shape index (κ3) is 5.04. The first-order valence-electron chi connectivity index (χ1n) is 5.81. The van der Waals surface area contributed by atoms with E-state index in [4.69, 9.17) is 10.5 Å². The van der Waals surface area contributed by atoms with E-state index >= 15 is 0 Å². The number of hydrogen-bond acceptors (Lipinski definition) is 3. The summed E-state index contributed by atoms with van der Waals surface area (Å²) in [5.41, 5.74) is 7.21. The Labute approximate surface area is 115 Å². The molecule has 0 bridgehead atoms. The van der Waals surface area contributed by atoms with E-state index in [0.717, 1.165) is 5.56 Å². The molecule has 0 aromatic heterocycles. The fraction of sp³-hybridized carbons (Fsp3) is 0.462. The van der Waals surface area contributed by atoms with Gasteiger partial charge in [0.1, 0.15) is 0 Å². The van der Waals surface area contributed by atoms with Crippen molar-refractivity contribution in [3.05, 3.63) is 35.4 Å². The third-order valence-electron chi connectivity index (χ3n) is 2.56. The molecular weight excluding hydrogens is 252 g/mol. The van der Waals surface area contributed by atoms with Gasteiger partial charge in [-0.3, -0.25) is 4.79 Å². The van der Waals surface area contributed by atoms with Crippen LogP contribution in [0.2, 0.25) is 0 Å². The van der Waals surface area contributed by atoms with Crippen LogP contribution in [0.1, 0.15) is 22.8 Å². The summed E-state index contributed by atoms with van der Waals surface area (Å²) in [6.45, 7) is 4.28. The molecule has 18 heavy (non-hydrogen) atoms. The van der Waals surface area contributed by atoms with Crippen LogP contribution in [-0.4, -0.2) is 37.6 Å². The minimum atomic E-state index is 0. The second-order valence-electron chi connectivity index (χ2n) is 3.82. The predicted octanol–water partition coefficient (Wildman–Crippen LogP) is 1.68. The SMILES string of the molecule is CCOCCN(C)C(=O)c1ccc(CN)cc1.Cl. The Balaban J connectivity index is 0.00000289. The highest BCUT2D eigenvalue weighted by Crippen LogP contribution is 2.06. The van der Waals surface area contributed by atoms with E-state index in [0.29, 0.717) is 31.9 Å². The van der Waals surface area contributed by atoms with E-state index in [1.165, 1.54) is 0 Å². The number of carbonyl (C=O) groups is 1. The summed E-state index contributed by atoms with van der Waals surface area (Å²) >= 11 is 0. The zero-order chi connectivity index (χ0) is 12.7. The predicted molar refractivity (Wildman–Crippen MR) is 75.0 cm³/mol. The van der Waals surface area contributed by atoms with Crippen LogP contribution in [0.5, 0.6) is 0 Å². The van der Waals surface area contributed by atoms with E-state index < -0.39 is 0 Å². The first-order valence-corrected chi connectivity index (χ1v) is 5.81. The summed E-state index contributed by atoms with van der Waals surface area (Å²) in [6.07, 6.45) is 0. The third-order valence-corrected chi connectivity index (χ3v) is 2.56. The molecule has 0 heterocycles. The van der Waals surface area contributed by atoms with E-state index in [1.54, 1.807) is 11.9 Å². The number of benzene rings is 1. The largest absolute Gasteiger partial charge is 0.380 e. The quantitative estimate of drug-likeness (QED) is 0.802. The average Bonchev–Trinajstić information content (AvgIpc) is 2.38. The number of ether oxygens (including phenoxy) is 1. The maximum Gasteiger partial charge on any atom is 0.253 e. The second-order valence-corrected chi connectivity index (χ2v) is 3.82. The number of rotatable bonds is 6. The number of nitrogens with zero attached hydrogens (tertiary/aromatic N) is 1. The van der Waals surface area contributed by atoms with Crippen LogP contribution in [0.4, 0.5) is 0 Å². The Morgan fingerprint density at radius 1 is 1.33 bits per heavy atom. The van der Waals surface area contributed by atoms with Gasteiger partial charge in [-0.1, -0.05) is 12.1 Å². The Kier molecular flexibility index (Phi) is 8.37. The minimum absolute atomic E-state index is 0. The van der Waals surface area contributed by atoms with Crippen molar-refractivity contribution in [3.8, 4) is 0 Å². The van der Waals surface area contributed by atoms with Crippen molar-refractivity contribution in [2.45, 2.75) is 13.5 Å². The lowest BCUT2D eigenvalue weighted by atomic mass is 10.1. The van der Waals surface area contributed by atoms with Gasteiger partial charge in [-0.25, -0.2) is 0 Å². The van der Waals surface area contributed by atoms with Gasteiger partial charge in [0.05, 0.1) is 6.61 Å². The number of carbonyl (C=O) groups excluding carboxylic acids is 1. The Bertz CT molecular complexity index is 355. The first kappa shape index (κ1) is 16.9. The standard InChI is InChI=1S/C13H20N2O2.ClH/c1-3-17-9-8-15(2)13(16)12-6-4-11(10-14)5-7-12;/h4-7H,3,8-10,14H2,1-2H3;1H. The summed E-state index contributed by atoms with van der Waals surface area (Å²) in [5, 5.41) is 0. The smallest absolute Gasteiger partial charge is 0.253 e. The van der Waals surface area contributed by atoms with Crippen molar-refractivity contribution in [1.82, 2.24) is 4.90 Å². The van der Waals surface area contributed by atoms with Crippen LogP contribution in [0.15, 0.2) is 24.3 Å². The maximum atomic E-state index is 12.0. The lowest BCUT2D eigenvalue weighted by Crippen LogP contribution is -2.30. The highest BCUT2D eigenvalue weighted by Gasteiger charge is 2.10. The molecule has 0 aliphatic rings. The highest BCUT2D eigenvalue weighted by atomic mass is 35.5. The molecule has 0 radical (unpaired) electrons. The van der Waals surface area contributed by atoms with Gasteiger partial charge < -0.3 is 15.4 Å². The maximum absolute atomic E-state index is 12.0. The normalized spacial score (nSPS) is 9.72. The molecule has 102 valence electrons. The Morgan fingerprint density at radius 3 is 2.44 bits per heavy atom. The summed E-state index contributed by atoms with van der Waals surface area (Å²) < 4.78 is 5.22. The fourth-order valence-corrected chi connectivity index (χ4v) is 1.45. The van der Waals surface area contributed by atoms with Crippen LogP contribution in [0.25, 0.3) is 0 Å². The van der Waals surface area contributed by atoms with Crippen molar-refractivity contribution in [3.63, 3.8) is 0 Å². The molecule has 1 aromatic rings. The van der Waals surface area contributed by atoms with Gasteiger partial charge >= 0.3 is 0 Å². The van der Waals surface area contributed by atoms with Crippen molar-refractivity contribution < 1.29 is 9.53 Å². The zero-order valence-corrected chi connectivity index (χ0v) is 11.7. The molecule has 1 rings (SSSR count). The van der Waals surface area contributed by atoms with Crippen molar-refractivity contribution >= 4 is 18.3 Å². The van der Waals surface area contributed by atoms with Crippen LogP contribution >= 0.6 is 12.4 Å². The Morgan fingerprint density at radius 2 is 1.94 bits per heavy atom. The average molecular weight is 273 g/mol. The second kappa shape index (κ2) is 8.91. The van der Waals surface area contributed by atoms with Crippen molar-refractivity contribution in [2.75, 3.05) is 26.8 Å². The summed E-state index contributed by atoms with van der Waals surface area (Å²) in [6, 6.07) is 7.37. The number of halogens is 1. The lowest BCUT2D eigenvalue weighted by molar-refractivity contribution is 0.0710. The van der Waals surface area contributed by atoms with Crippen LogP contribution in [0, 0.1) is 0 Å². The molecule has 4 nitrogen and oxygen atoms in total. The van der Waals surface area contributed by atoms with Gasteiger partial charge in [0.25, 0.3) is 5.91 Å². The van der Waals surface area contributed by atoms with E-state index in [1.807, 2.05) is 31.2 Å². The number of amides is 1. The van der Waals surface area contributed by atoms with Crippen molar-refractivity contribution in [1.29, 1.82) is 0 Å². The van der Waals surface area contributed by atoms with Crippen LogP contribution < -0.4 is 5.73 Å². The van der Waals surface area contributed by atoms with Crippen LogP contribution in [0.3, 0.4) is 0 Å². The molecule has 0 aliphatic carbocycles. The van der Waals surface area contributed by atoms with Gasteiger partial charge in [0.15, 0.2) is 0 Å². The molecule has 0 saturated carbocycles. The van der Waals surface area contributed by atoms with Gasteiger partial charge in [0, 0.05) is 32.3 Å². The zero-order valence-electron chi connectivity index (χ0n) is 10.9. The molecule has 2 N–H and O–H groups in total. The molecule has 5 heteroatoms. The van der Waals surface area contributed by atoms with E-state index in [-0.39, 0.29) is 18.3 Å². The number of hydrogen-bond donors (Lipinski definition) is 1. The summed E-state index contributed by atoms with van der Waals surface area (Å²) in [5.74, 6) is 0.00766. The molecule has 0 fully saturated rings. The van der Waals surface area contributed by atoms with Gasteiger partial charge in [-0.05, 0) is 24.6 Å². The lowest BCUT2D eigenvalue weighted by Gasteiger charge is -2.17. The molecule has 0 aliphatic heterocycles. The highest BCUT2D eigenvalue weighted by molar-refractivity contribution is 5.94. The minimum Gasteiger partial charge on any atom is -0.380 e. The topological polar surface area (TPSA) is 55.6 Å². The molecular formula is C13H21ClN2O2. The summed E-state index contributed by atoms with van der Waals surface area (Å²) in [4.78, 5) is 13.6. The van der Waals surface area contributed by atoms with E-state index in [9.17, 15) is 4.79 Å². The molecule has 1 aromatic carbocycles. The summed E-state index contributed by atoms with van der Waals surface area (Å²) in [7, 11) is 1.78. The van der Waals surface area contributed by atoms with E-state index in [2.05, 4.69) is 0 Å². The molecule has 0 atom stereocenters. The first-order chi connectivity index (χ1) is 8.19. The molecule has 0 unspecified atom stereocenters. The van der Waals surface area contributed by atoms with Gasteiger partial charge in [-0.2, -0.15) is 0 Å². The Hall–Kier alpha value is -1.10. The monoisotopic (exact) mass is 272 g/mol. The fourth-order valence-electron chi connectivity index (χ4n) is 1.45.